The Morgan fingerprint density at radius 1 is 1.24 bits per heavy atom. The van der Waals surface area contributed by atoms with Crippen LogP contribution in [0.15, 0.2) is 42.5 Å². The molecule has 1 unspecified atom stereocenters. The Morgan fingerprint density at radius 3 is 2.86 bits per heavy atom. The molecule has 1 aliphatic rings. The molecule has 0 aliphatic carbocycles. The maximum absolute atomic E-state index is 13.2. The van der Waals surface area contributed by atoms with Gasteiger partial charge in [-0.1, -0.05) is 12.1 Å². The van der Waals surface area contributed by atoms with Crippen molar-refractivity contribution in [3.63, 3.8) is 0 Å². The van der Waals surface area contributed by atoms with Crippen molar-refractivity contribution in [3.8, 4) is 5.75 Å². The number of nitrogens with zero attached hydrogens (tertiary/aromatic N) is 1. The van der Waals surface area contributed by atoms with Gasteiger partial charge in [0, 0.05) is 26.1 Å². The lowest BCUT2D eigenvalue weighted by atomic mass is 10.1. The highest BCUT2D eigenvalue weighted by Gasteiger charge is 2.23. The summed E-state index contributed by atoms with van der Waals surface area (Å²) in [6, 6.07) is 12.9. The maximum Gasteiger partial charge on any atom is 0.123 e. The molecular weight excluding hydrogens is 267 g/mol. The summed E-state index contributed by atoms with van der Waals surface area (Å²) in [6.45, 7) is 0.696. The zero-order valence-corrected chi connectivity index (χ0v) is 12.3. The average Bonchev–Trinajstić information content (AvgIpc) is 2.87. The van der Waals surface area contributed by atoms with Crippen LogP contribution in [0.2, 0.25) is 0 Å². The predicted octanol–water partition coefficient (Wildman–Crippen LogP) is 3.31. The van der Waals surface area contributed by atoms with E-state index < -0.39 is 0 Å². The molecule has 1 N–H and O–H groups in total. The van der Waals surface area contributed by atoms with E-state index >= 15 is 0 Å². The monoisotopic (exact) mass is 286 g/mol. The van der Waals surface area contributed by atoms with Crippen LogP contribution in [0.5, 0.6) is 5.75 Å². The molecule has 0 radical (unpaired) electrons. The fraction of sp³-hybridized carbons (Fsp3) is 0.294. The van der Waals surface area contributed by atoms with Crippen molar-refractivity contribution in [1.82, 2.24) is 0 Å². The molecule has 0 fully saturated rings. The van der Waals surface area contributed by atoms with Gasteiger partial charge in [0.2, 0.25) is 0 Å². The molecule has 3 rings (SSSR count). The van der Waals surface area contributed by atoms with Crippen LogP contribution >= 0.6 is 0 Å². The van der Waals surface area contributed by atoms with Crippen LogP contribution in [0.25, 0.3) is 0 Å². The number of rotatable bonds is 4. The second-order valence-corrected chi connectivity index (χ2v) is 5.49. The molecule has 0 bridgehead atoms. The minimum atomic E-state index is -0.205. The first-order chi connectivity index (χ1) is 10.1. The van der Waals surface area contributed by atoms with Crippen molar-refractivity contribution in [2.45, 2.75) is 12.5 Å². The summed E-state index contributed by atoms with van der Waals surface area (Å²) < 4.78 is 19.0. The lowest BCUT2D eigenvalue weighted by molar-refractivity contribution is 0.246. The second-order valence-electron chi connectivity index (χ2n) is 5.49. The fourth-order valence-electron chi connectivity index (χ4n) is 2.64. The van der Waals surface area contributed by atoms with Crippen LogP contribution < -0.4 is 15.0 Å². The summed E-state index contributed by atoms with van der Waals surface area (Å²) in [5, 5.41) is 3.43. The Balaban J connectivity index is 1.65. The highest BCUT2D eigenvalue weighted by atomic mass is 19.1. The van der Waals surface area contributed by atoms with Gasteiger partial charge < -0.3 is 15.0 Å². The molecule has 1 heterocycles. The minimum absolute atomic E-state index is 0.0389. The van der Waals surface area contributed by atoms with E-state index in [4.69, 9.17) is 4.74 Å². The summed E-state index contributed by atoms with van der Waals surface area (Å²) in [4.78, 5) is 2.07. The summed E-state index contributed by atoms with van der Waals surface area (Å²) in [6.07, 6.45) is 0.779. The van der Waals surface area contributed by atoms with Crippen molar-refractivity contribution >= 4 is 11.4 Å². The van der Waals surface area contributed by atoms with Gasteiger partial charge in [-0.05, 0) is 30.3 Å². The van der Waals surface area contributed by atoms with E-state index in [2.05, 4.69) is 22.3 Å². The zero-order valence-electron chi connectivity index (χ0n) is 12.3. The van der Waals surface area contributed by atoms with Crippen molar-refractivity contribution in [2.24, 2.45) is 0 Å². The molecule has 4 heteroatoms. The van der Waals surface area contributed by atoms with Crippen LogP contribution in [0.1, 0.15) is 5.56 Å². The molecule has 21 heavy (non-hydrogen) atoms. The first kappa shape index (κ1) is 13.7. The molecule has 1 aliphatic heterocycles. The third-order valence-corrected chi connectivity index (χ3v) is 3.67. The number of hydrogen-bond donors (Lipinski definition) is 1. The van der Waals surface area contributed by atoms with Gasteiger partial charge in [-0.25, -0.2) is 4.39 Å². The third kappa shape index (κ3) is 2.94. The summed E-state index contributed by atoms with van der Waals surface area (Å²) in [5.74, 6) is 0.591. The van der Waals surface area contributed by atoms with Gasteiger partial charge in [-0.3, -0.25) is 0 Å². The lowest BCUT2D eigenvalue weighted by Crippen LogP contribution is -2.24. The average molecular weight is 286 g/mol. The topological polar surface area (TPSA) is 24.5 Å². The highest BCUT2D eigenvalue weighted by Crippen LogP contribution is 2.30. The molecule has 2 aromatic carbocycles. The first-order valence-electron chi connectivity index (χ1n) is 7.09. The number of fused-ring (bicyclic) bond motifs is 1. The van der Waals surface area contributed by atoms with E-state index in [-0.39, 0.29) is 11.9 Å². The maximum atomic E-state index is 13.2. The summed E-state index contributed by atoms with van der Waals surface area (Å²) in [7, 11) is 4.04. The number of para-hydroxylation sites is 2. The molecule has 0 amide bonds. The fourth-order valence-corrected chi connectivity index (χ4v) is 2.64. The Labute approximate surface area is 124 Å². The largest absolute Gasteiger partial charge is 0.488 e. The Morgan fingerprint density at radius 2 is 2.05 bits per heavy atom. The molecule has 2 aromatic rings. The van der Waals surface area contributed by atoms with Crippen LogP contribution in [-0.4, -0.2) is 26.7 Å². The van der Waals surface area contributed by atoms with Crippen molar-refractivity contribution in [3.05, 3.63) is 53.8 Å². The van der Waals surface area contributed by atoms with Crippen LogP contribution in [0.4, 0.5) is 15.8 Å². The number of hydrogen-bond acceptors (Lipinski definition) is 3. The van der Waals surface area contributed by atoms with Gasteiger partial charge in [-0.15, -0.1) is 0 Å². The first-order valence-corrected chi connectivity index (χ1v) is 7.09. The SMILES string of the molecule is CN(C)c1ccccc1NCC1Cc2cc(F)ccc2O1. The summed E-state index contributed by atoms with van der Waals surface area (Å²) in [5.41, 5.74) is 3.16. The van der Waals surface area contributed by atoms with Crippen LogP contribution in [0.3, 0.4) is 0 Å². The van der Waals surface area contributed by atoms with Crippen LogP contribution in [-0.2, 0) is 6.42 Å². The lowest BCUT2D eigenvalue weighted by Gasteiger charge is -2.20. The Bertz CT molecular complexity index is 642. The number of nitrogens with one attached hydrogen (secondary N) is 1. The summed E-state index contributed by atoms with van der Waals surface area (Å²) >= 11 is 0. The van der Waals surface area contributed by atoms with Crippen molar-refractivity contribution < 1.29 is 9.13 Å². The standard InChI is InChI=1S/C17H19FN2O/c1-20(2)16-6-4-3-5-15(16)19-11-14-10-12-9-13(18)7-8-17(12)21-14/h3-9,14,19H,10-11H2,1-2H3. The van der Waals surface area contributed by atoms with Crippen molar-refractivity contribution in [1.29, 1.82) is 0 Å². The molecule has 0 saturated carbocycles. The highest BCUT2D eigenvalue weighted by molar-refractivity contribution is 5.69. The molecule has 0 aromatic heterocycles. The minimum Gasteiger partial charge on any atom is -0.488 e. The van der Waals surface area contributed by atoms with E-state index in [0.717, 1.165) is 29.1 Å². The van der Waals surface area contributed by atoms with Crippen LogP contribution in [0, 0.1) is 5.82 Å². The zero-order chi connectivity index (χ0) is 14.8. The van der Waals surface area contributed by atoms with Gasteiger partial charge in [0.25, 0.3) is 0 Å². The Kier molecular flexibility index (Phi) is 3.69. The quantitative estimate of drug-likeness (QED) is 0.933. The van der Waals surface area contributed by atoms with Crippen molar-refractivity contribution in [2.75, 3.05) is 30.9 Å². The Hall–Kier alpha value is -2.23. The van der Waals surface area contributed by atoms with Gasteiger partial charge in [0.05, 0.1) is 17.9 Å². The van der Waals surface area contributed by atoms with E-state index in [1.807, 2.05) is 26.2 Å². The molecule has 1 atom stereocenters. The number of anilines is 2. The van der Waals surface area contributed by atoms with Gasteiger partial charge in [0.15, 0.2) is 0 Å². The predicted molar refractivity (Wildman–Crippen MR) is 83.8 cm³/mol. The molecule has 3 nitrogen and oxygen atoms in total. The third-order valence-electron chi connectivity index (χ3n) is 3.67. The van der Waals surface area contributed by atoms with E-state index in [9.17, 15) is 4.39 Å². The number of ether oxygens (including phenoxy) is 1. The van der Waals surface area contributed by atoms with E-state index in [1.165, 1.54) is 6.07 Å². The molecular formula is C17H19FN2O. The number of halogens is 1. The number of benzene rings is 2. The van der Waals surface area contributed by atoms with Gasteiger partial charge in [0.1, 0.15) is 17.7 Å². The second kappa shape index (κ2) is 5.64. The van der Waals surface area contributed by atoms with E-state index in [1.54, 1.807) is 12.1 Å². The molecule has 0 spiro atoms. The van der Waals surface area contributed by atoms with Gasteiger partial charge in [-0.2, -0.15) is 0 Å². The van der Waals surface area contributed by atoms with Gasteiger partial charge >= 0.3 is 0 Å². The molecule has 110 valence electrons. The normalized spacial score (nSPS) is 16.2. The molecule has 0 saturated heterocycles. The smallest absolute Gasteiger partial charge is 0.123 e. The van der Waals surface area contributed by atoms with E-state index in [0.29, 0.717) is 6.54 Å².